The lowest BCUT2D eigenvalue weighted by Crippen LogP contribution is -2.56. The standard InChI is InChI=1S/C10H10ClF3N4O2/c1-5-6(11)7(17(2)16-5)8(19)18-9(20,3-4-15-18)10(12,13)14/h4,20H,3H2,1-2H3/t9-/m1/s1. The maximum Gasteiger partial charge on any atom is 0.438 e. The molecule has 1 aliphatic rings. The van der Waals surface area contributed by atoms with Gasteiger partial charge in [-0.25, -0.2) is 0 Å². The number of carbonyl (C=O) groups is 1. The van der Waals surface area contributed by atoms with Gasteiger partial charge in [0.15, 0.2) is 0 Å². The number of halogens is 4. The van der Waals surface area contributed by atoms with E-state index in [4.69, 9.17) is 11.6 Å². The van der Waals surface area contributed by atoms with Gasteiger partial charge in [0.05, 0.1) is 10.7 Å². The molecule has 6 nitrogen and oxygen atoms in total. The van der Waals surface area contributed by atoms with Crippen LogP contribution >= 0.6 is 11.6 Å². The average molecular weight is 311 g/mol. The van der Waals surface area contributed by atoms with E-state index in [0.29, 0.717) is 0 Å². The normalized spacial score (nSPS) is 22.6. The summed E-state index contributed by atoms with van der Waals surface area (Å²) in [6, 6.07) is 0. The Morgan fingerprint density at radius 2 is 2.15 bits per heavy atom. The number of aryl methyl sites for hydroxylation is 2. The van der Waals surface area contributed by atoms with Gasteiger partial charge < -0.3 is 5.11 Å². The van der Waals surface area contributed by atoms with Crippen LogP contribution in [-0.4, -0.2) is 43.9 Å². The lowest BCUT2D eigenvalue weighted by molar-refractivity contribution is -0.297. The molecule has 0 saturated heterocycles. The van der Waals surface area contributed by atoms with Crippen molar-refractivity contribution in [2.24, 2.45) is 12.1 Å². The topological polar surface area (TPSA) is 70.7 Å². The van der Waals surface area contributed by atoms with Gasteiger partial charge in [-0.05, 0) is 6.92 Å². The molecule has 0 unspecified atom stereocenters. The van der Waals surface area contributed by atoms with E-state index in [9.17, 15) is 23.1 Å². The minimum Gasteiger partial charge on any atom is -0.362 e. The first-order chi connectivity index (χ1) is 9.09. The van der Waals surface area contributed by atoms with E-state index in [-0.39, 0.29) is 21.4 Å². The quantitative estimate of drug-likeness (QED) is 0.854. The second kappa shape index (κ2) is 4.45. The van der Waals surface area contributed by atoms with Crippen molar-refractivity contribution in [3.63, 3.8) is 0 Å². The van der Waals surface area contributed by atoms with Crippen LogP contribution in [0, 0.1) is 6.92 Å². The van der Waals surface area contributed by atoms with E-state index in [1.54, 1.807) is 0 Å². The number of aromatic nitrogens is 2. The summed E-state index contributed by atoms with van der Waals surface area (Å²) in [6.07, 6.45) is -5.06. The molecule has 1 aliphatic heterocycles. The smallest absolute Gasteiger partial charge is 0.362 e. The number of alkyl halides is 3. The first kappa shape index (κ1) is 14.8. The van der Waals surface area contributed by atoms with Crippen molar-refractivity contribution in [2.75, 3.05) is 0 Å². The summed E-state index contributed by atoms with van der Waals surface area (Å²) in [5, 5.41) is 16.7. The number of aliphatic hydroxyl groups is 1. The van der Waals surface area contributed by atoms with E-state index in [1.807, 2.05) is 0 Å². The van der Waals surface area contributed by atoms with Crippen LogP contribution in [0.5, 0.6) is 0 Å². The van der Waals surface area contributed by atoms with Gasteiger partial charge in [0.1, 0.15) is 5.69 Å². The van der Waals surface area contributed by atoms with Crippen molar-refractivity contribution >= 4 is 23.7 Å². The highest BCUT2D eigenvalue weighted by molar-refractivity contribution is 6.34. The van der Waals surface area contributed by atoms with E-state index in [0.717, 1.165) is 10.9 Å². The highest BCUT2D eigenvalue weighted by Gasteiger charge is 2.62. The summed E-state index contributed by atoms with van der Waals surface area (Å²) in [6.45, 7) is 1.50. The van der Waals surface area contributed by atoms with E-state index in [2.05, 4.69) is 10.2 Å². The van der Waals surface area contributed by atoms with Gasteiger partial charge in [-0.15, -0.1) is 0 Å². The second-order valence-corrected chi connectivity index (χ2v) is 4.68. The zero-order chi connectivity index (χ0) is 15.3. The maximum atomic E-state index is 12.9. The molecule has 1 amide bonds. The zero-order valence-corrected chi connectivity index (χ0v) is 11.2. The van der Waals surface area contributed by atoms with Gasteiger partial charge in [0.25, 0.3) is 11.6 Å². The summed E-state index contributed by atoms with van der Waals surface area (Å²) in [4.78, 5) is 12.2. The van der Waals surface area contributed by atoms with E-state index in [1.165, 1.54) is 14.0 Å². The first-order valence-corrected chi connectivity index (χ1v) is 5.82. The Hall–Kier alpha value is -1.61. The Morgan fingerprint density at radius 1 is 1.55 bits per heavy atom. The average Bonchev–Trinajstić information content (AvgIpc) is 2.81. The monoisotopic (exact) mass is 310 g/mol. The summed E-state index contributed by atoms with van der Waals surface area (Å²) < 4.78 is 39.7. The van der Waals surface area contributed by atoms with E-state index >= 15 is 0 Å². The number of hydrogen-bond acceptors (Lipinski definition) is 4. The molecule has 0 aliphatic carbocycles. The lowest BCUT2D eigenvalue weighted by Gasteiger charge is -2.32. The largest absolute Gasteiger partial charge is 0.438 e. The van der Waals surface area contributed by atoms with Crippen LogP contribution in [0.25, 0.3) is 0 Å². The molecule has 110 valence electrons. The van der Waals surface area contributed by atoms with Crippen molar-refractivity contribution in [3.8, 4) is 0 Å². The molecule has 0 bridgehead atoms. The molecular weight excluding hydrogens is 301 g/mol. The van der Waals surface area contributed by atoms with Crippen molar-refractivity contribution in [2.45, 2.75) is 25.2 Å². The molecule has 0 spiro atoms. The molecule has 0 radical (unpaired) electrons. The van der Waals surface area contributed by atoms with Crippen molar-refractivity contribution in [1.82, 2.24) is 14.8 Å². The van der Waals surface area contributed by atoms with Crippen LogP contribution < -0.4 is 0 Å². The molecule has 1 atom stereocenters. The summed E-state index contributed by atoms with van der Waals surface area (Å²) in [7, 11) is 1.36. The Morgan fingerprint density at radius 3 is 2.60 bits per heavy atom. The van der Waals surface area contributed by atoms with Crippen molar-refractivity contribution in [1.29, 1.82) is 0 Å². The summed E-state index contributed by atoms with van der Waals surface area (Å²) in [5.74, 6) is -1.17. The zero-order valence-electron chi connectivity index (χ0n) is 10.4. The minimum atomic E-state index is -5.04. The van der Waals surface area contributed by atoms with Gasteiger partial charge in [0.2, 0.25) is 0 Å². The van der Waals surface area contributed by atoms with Gasteiger partial charge in [0, 0.05) is 19.7 Å². The first-order valence-electron chi connectivity index (χ1n) is 5.45. The van der Waals surface area contributed by atoms with Crippen LogP contribution in [0.2, 0.25) is 5.02 Å². The Labute approximate surface area is 116 Å². The Kier molecular flexibility index (Phi) is 3.29. The molecule has 2 rings (SSSR count). The molecule has 0 fully saturated rings. The lowest BCUT2D eigenvalue weighted by atomic mass is 10.1. The second-order valence-electron chi connectivity index (χ2n) is 4.31. The highest BCUT2D eigenvalue weighted by Crippen LogP contribution is 2.39. The number of rotatable bonds is 1. The van der Waals surface area contributed by atoms with Crippen molar-refractivity contribution in [3.05, 3.63) is 16.4 Å². The predicted octanol–water partition coefficient (Wildman–Crippen LogP) is 1.46. The number of hydrogen-bond donors (Lipinski definition) is 1. The third kappa shape index (κ3) is 1.97. The molecule has 0 saturated carbocycles. The highest BCUT2D eigenvalue weighted by atomic mass is 35.5. The maximum absolute atomic E-state index is 12.9. The summed E-state index contributed by atoms with van der Waals surface area (Å²) in [5.41, 5.74) is -3.35. The number of hydrazone groups is 1. The van der Waals surface area contributed by atoms with Crippen LogP contribution in [0.15, 0.2) is 5.10 Å². The molecular formula is C10H10ClF3N4O2. The minimum absolute atomic E-state index is 0.0185. The molecule has 10 heteroatoms. The molecule has 1 aromatic heterocycles. The molecule has 0 aromatic carbocycles. The van der Waals surface area contributed by atoms with E-state index < -0.39 is 24.2 Å². The van der Waals surface area contributed by atoms with Crippen LogP contribution in [-0.2, 0) is 7.05 Å². The Balaban J connectivity index is 2.46. The third-order valence-corrected chi connectivity index (χ3v) is 3.37. The van der Waals surface area contributed by atoms with Crippen LogP contribution in [0.3, 0.4) is 0 Å². The molecule has 2 heterocycles. The fraction of sp³-hybridized carbons (Fsp3) is 0.500. The Bertz CT molecular complexity index is 598. The summed E-state index contributed by atoms with van der Waals surface area (Å²) >= 11 is 5.85. The van der Waals surface area contributed by atoms with Gasteiger partial charge in [-0.1, -0.05) is 11.6 Å². The number of carbonyl (C=O) groups excluding carboxylic acids is 1. The third-order valence-electron chi connectivity index (χ3n) is 2.92. The number of nitrogens with zero attached hydrogens (tertiary/aromatic N) is 4. The van der Waals surface area contributed by atoms with Crippen molar-refractivity contribution < 1.29 is 23.1 Å². The molecule has 1 N–H and O–H groups in total. The molecule has 1 aromatic rings. The van der Waals surface area contributed by atoms with Crippen LogP contribution in [0.4, 0.5) is 13.2 Å². The SMILES string of the molecule is Cc1nn(C)c(C(=O)N2N=CC[C@@]2(O)C(F)(F)F)c1Cl. The molecule has 20 heavy (non-hydrogen) atoms. The fourth-order valence-electron chi connectivity index (χ4n) is 1.85. The van der Waals surface area contributed by atoms with Gasteiger partial charge in [-0.3, -0.25) is 9.48 Å². The predicted molar refractivity (Wildman–Crippen MR) is 63.2 cm³/mol. The fourth-order valence-corrected chi connectivity index (χ4v) is 2.09. The van der Waals surface area contributed by atoms with Crippen LogP contribution in [0.1, 0.15) is 22.6 Å². The van der Waals surface area contributed by atoms with Gasteiger partial charge >= 0.3 is 6.18 Å². The number of amides is 1. The van der Waals surface area contributed by atoms with Gasteiger partial charge in [-0.2, -0.15) is 28.4 Å².